The van der Waals surface area contributed by atoms with Crippen LogP contribution in [-0.4, -0.2) is 14.5 Å². The number of hydrogen-bond acceptors (Lipinski definition) is 2. The Morgan fingerprint density at radius 1 is 1.00 bits per heavy atom. The molecule has 0 bridgehead atoms. The van der Waals surface area contributed by atoms with E-state index in [4.69, 9.17) is 9.97 Å². The van der Waals surface area contributed by atoms with Crippen molar-refractivity contribution in [1.82, 2.24) is 14.5 Å². The third-order valence-corrected chi connectivity index (χ3v) is 4.76. The number of fused-ring (bicyclic) bond motifs is 4. The van der Waals surface area contributed by atoms with E-state index in [9.17, 15) is 4.39 Å². The van der Waals surface area contributed by atoms with Gasteiger partial charge in [0.2, 0.25) is 0 Å². The summed E-state index contributed by atoms with van der Waals surface area (Å²) in [6.07, 6.45) is 2.16. The van der Waals surface area contributed by atoms with Crippen LogP contribution in [0.2, 0.25) is 0 Å². The summed E-state index contributed by atoms with van der Waals surface area (Å²) in [6, 6.07) is 9.06. The van der Waals surface area contributed by atoms with Crippen LogP contribution in [0.1, 0.15) is 30.9 Å². The Labute approximate surface area is 140 Å². The molecule has 0 aliphatic carbocycles. The molecule has 0 aliphatic rings. The Morgan fingerprint density at radius 2 is 1.71 bits per heavy atom. The van der Waals surface area contributed by atoms with Crippen LogP contribution in [0, 0.1) is 19.7 Å². The molecule has 24 heavy (non-hydrogen) atoms. The van der Waals surface area contributed by atoms with Gasteiger partial charge in [-0.2, -0.15) is 0 Å². The molecular weight excluding hydrogens is 301 g/mol. The van der Waals surface area contributed by atoms with Crippen molar-refractivity contribution in [2.45, 2.75) is 40.2 Å². The number of benzene rings is 2. The predicted molar refractivity (Wildman–Crippen MR) is 96.9 cm³/mol. The second-order valence-corrected chi connectivity index (χ2v) is 6.49. The molecule has 0 amide bonds. The van der Waals surface area contributed by atoms with Gasteiger partial charge in [-0.3, -0.25) is 0 Å². The van der Waals surface area contributed by atoms with E-state index in [0.717, 1.165) is 52.5 Å². The van der Waals surface area contributed by atoms with Gasteiger partial charge in [0, 0.05) is 11.9 Å². The first-order valence-electron chi connectivity index (χ1n) is 8.45. The highest BCUT2D eigenvalue weighted by molar-refractivity contribution is 6.06. The second kappa shape index (κ2) is 5.55. The van der Waals surface area contributed by atoms with E-state index in [1.54, 1.807) is 6.07 Å². The first kappa shape index (κ1) is 15.1. The maximum atomic E-state index is 13.8. The highest BCUT2D eigenvalue weighted by Gasteiger charge is 2.15. The lowest BCUT2D eigenvalue weighted by Gasteiger charge is -2.07. The Morgan fingerprint density at radius 3 is 2.42 bits per heavy atom. The van der Waals surface area contributed by atoms with Crippen molar-refractivity contribution < 1.29 is 4.39 Å². The minimum Gasteiger partial charge on any atom is -0.324 e. The Bertz CT molecular complexity index is 1080. The summed E-state index contributed by atoms with van der Waals surface area (Å²) in [6.45, 7) is 7.20. The molecule has 0 saturated heterocycles. The van der Waals surface area contributed by atoms with E-state index in [-0.39, 0.29) is 5.82 Å². The van der Waals surface area contributed by atoms with Crippen molar-refractivity contribution in [2.24, 2.45) is 0 Å². The van der Waals surface area contributed by atoms with Gasteiger partial charge in [-0.15, -0.1) is 0 Å². The third kappa shape index (κ3) is 2.25. The van der Waals surface area contributed by atoms with Gasteiger partial charge in [-0.1, -0.05) is 13.3 Å². The van der Waals surface area contributed by atoms with Gasteiger partial charge < -0.3 is 4.57 Å². The van der Waals surface area contributed by atoms with Gasteiger partial charge in [-0.05, 0) is 61.7 Å². The average Bonchev–Trinajstić information content (AvgIpc) is 2.84. The number of rotatable bonds is 3. The zero-order chi connectivity index (χ0) is 16.8. The molecule has 4 rings (SSSR count). The minimum absolute atomic E-state index is 0.237. The maximum absolute atomic E-state index is 13.8. The van der Waals surface area contributed by atoms with E-state index in [2.05, 4.69) is 37.5 Å². The Balaban J connectivity index is 2.13. The molecule has 0 radical (unpaired) electrons. The van der Waals surface area contributed by atoms with Gasteiger partial charge in [0.25, 0.3) is 0 Å². The summed E-state index contributed by atoms with van der Waals surface area (Å²) in [5, 5.41) is 0.841. The molecule has 2 heterocycles. The molecule has 0 N–H and O–H groups in total. The van der Waals surface area contributed by atoms with Gasteiger partial charge in [0.1, 0.15) is 11.3 Å². The summed E-state index contributed by atoms with van der Waals surface area (Å²) in [5.41, 5.74) is 6.80. The van der Waals surface area contributed by atoms with Gasteiger partial charge in [0.05, 0.1) is 16.6 Å². The fourth-order valence-electron chi connectivity index (χ4n) is 3.26. The monoisotopic (exact) mass is 321 g/mol. The Hall–Kier alpha value is -2.49. The SMILES string of the molecule is CCCCn1c2ccc(F)cc2c2nc3cc(C)c(C)cc3nc21. The number of halogens is 1. The first-order valence-corrected chi connectivity index (χ1v) is 8.45. The first-order chi connectivity index (χ1) is 11.6. The van der Waals surface area contributed by atoms with Crippen LogP contribution in [0.3, 0.4) is 0 Å². The maximum Gasteiger partial charge on any atom is 0.160 e. The van der Waals surface area contributed by atoms with Crippen molar-refractivity contribution in [3.8, 4) is 0 Å². The number of hydrogen-bond donors (Lipinski definition) is 0. The lowest BCUT2D eigenvalue weighted by atomic mass is 10.1. The Kier molecular flexibility index (Phi) is 3.48. The normalized spacial score (nSPS) is 11.8. The third-order valence-electron chi connectivity index (χ3n) is 4.76. The molecule has 0 saturated carbocycles. The van der Waals surface area contributed by atoms with Crippen molar-refractivity contribution in [3.63, 3.8) is 0 Å². The molecule has 3 nitrogen and oxygen atoms in total. The van der Waals surface area contributed by atoms with Crippen molar-refractivity contribution >= 4 is 33.1 Å². The van der Waals surface area contributed by atoms with Gasteiger partial charge >= 0.3 is 0 Å². The van der Waals surface area contributed by atoms with E-state index in [0.29, 0.717) is 0 Å². The smallest absolute Gasteiger partial charge is 0.160 e. The largest absolute Gasteiger partial charge is 0.324 e. The molecule has 0 fully saturated rings. The summed E-state index contributed by atoms with van der Waals surface area (Å²) >= 11 is 0. The van der Waals surface area contributed by atoms with Gasteiger partial charge in [0.15, 0.2) is 5.65 Å². The molecule has 0 unspecified atom stereocenters. The molecule has 2 aromatic heterocycles. The van der Waals surface area contributed by atoms with Crippen LogP contribution >= 0.6 is 0 Å². The molecule has 2 aromatic carbocycles. The van der Waals surface area contributed by atoms with E-state index in [1.165, 1.54) is 17.2 Å². The lowest BCUT2D eigenvalue weighted by Crippen LogP contribution is -1.99. The van der Waals surface area contributed by atoms with Crippen molar-refractivity contribution in [2.75, 3.05) is 0 Å². The molecule has 0 spiro atoms. The van der Waals surface area contributed by atoms with Crippen LogP contribution < -0.4 is 0 Å². The molecular formula is C20H20FN3. The molecule has 4 heteroatoms. The number of aromatic nitrogens is 3. The number of nitrogens with zero attached hydrogens (tertiary/aromatic N) is 3. The van der Waals surface area contributed by atoms with Crippen LogP contribution in [-0.2, 0) is 6.54 Å². The van der Waals surface area contributed by atoms with E-state index >= 15 is 0 Å². The fraction of sp³-hybridized carbons (Fsp3) is 0.300. The molecule has 0 atom stereocenters. The van der Waals surface area contributed by atoms with Crippen molar-refractivity contribution in [1.29, 1.82) is 0 Å². The summed E-state index contributed by atoms with van der Waals surface area (Å²) in [7, 11) is 0. The van der Waals surface area contributed by atoms with Crippen LogP contribution in [0.25, 0.3) is 33.1 Å². The van der Waals surface area contributed by atoms with Crippen molar-refractivity contribution in [3.05, 3.63) is 47.3 Å². The second-order valence-electron chi connectivity index (χ2n) is 6.49. The topological polar surface area (TPSA) is 30.7 Å². The van der Waals surface area contributed by atoms with Crippen LogP contribution in [0.15, 0.2) is 30.3 Å². The number of unbranched alkanes of at least 4 members (excludes halogenated alkanes) is 1. The van der Waals surface area contributed by atoms with Crippen LogP contribution in [0.4, 0.5) is 4.39 Å². The van der Waals surface area contributed by atoms with E-state index in [1.807, 2.05) is 6.07 Å². The summed E-state index contributed by atoms with van der Waals surface area (Å²) in [4.78, 5) is 9.71. The highest BCUT2D eigenvalue weighted by atomic mass is 19.1. The summed E-state index contributed by atoms with van der Waals surface area (Å²) < 4.78 is 16.0. The standard InChI is InChI=1S/C20H20FN3/c1-4-5-8-24-18-7-6-14(21)11-15(18)19-20(24)23-17-10-13(3)12(2)9-16(17)22-19/h6-7,9-11H,4-5,8H2,1-3H3. The lowest BCUT2D eigenvalue weighted by molar-refractivity contribution is 0.628. The highest BCUT2D eigenvalue weighted by Crippen LogP contribution is 2.30. The molecule has 4 aromatic rings. The zero-order valence-electron chi connectivity index (χ0n) is 14.2. The fourth-order valence-corrected chi connectivity index (χ4v) is 3.26. The summed E-state index contributed by atoms with van der Waals surface area (Å²) in [5.74, 6) is -0.237. The molecule has 0 aliphatic heterocycles. The van der Waals surface area contributed by atoms with E-state index < -0.39 is 0 Å². The predicted octanol–water partition coefficient (Wildman–Crippen LogP) is 5.29. The average molecular weight is 321 g/mol. The molecule has 122 valence electrons. The minimum atomic E-state index is -0.237. The number of aryl methyl sites for hydroxylation is 3. The van der Waals surface area contributed by atoms with Gasteiger partial charge in [-0.25, -0.2) is 14.4 Å². The van der Waals surface area contributed by atoms with Crippen LogP contribution in [0.5, 0.6) is 0 Å². The quantitative estimate of drug-likeness (QED) is 0.513. The zero-order valence-corrected chi connectivity index (χ0v) is 14.2.